The molecule has 0 saturated carbocycles. The first-order valence-corrected chi connectivity index (χ1v) is 10.9. The number of halogens is 1. The molecule has 0 saturated heterocycles. The van der Waals surface area contributed by atoms with Crippen LogP contribution in [0.2, 0.25) is 0 Å². The Hall–Kier alpha value is -0.768. The van der Waals surface area contributed by atoms with Crippen LogP contribution >= 0.6 is 21.5 Å². The van der Waals surface area contributed by atoms with Crippen LogP contribution in [0.3, 0.4) is 0 Å². The average molecular weight is 450 g/mol. The first kappa shape index (κ1) is 16.6. The summed E-state index contributed by atoms with van der Waals surface area (Å²) in [5, 5.41) is 4.12. The van der Waals surface area contributed by atoms with Crippen molar-refractivity contribution in [1.29, 1.82) is 0 Å². The molecule has 3 aromatic rings. The van der Waals surface area contributed by atoms with Gasteiger partial charge >= 0.3 is 128 Å². The standard InChI is InChI=1S/C18H16BrP.Pd/c19-20(16-10-4-1-5-11-16,17-12-6-2-7-13-17)18-14-8-3-9-15-18;/h1-15,20H;. The molecule has 0 aliphatic heterocycles. The molecule has 0 radical (unpaired) electrons. The summed E-state index contributed by atoms with van der Waals surface area (Å²) in [4.78, 5) is 0. The molecule has 0 aliphatic carbocycles. The summed E-state index contributed by atoms with van der Waals surface area (Å²) in [5.74, 6) is -2.07. The second-order valence-electron chi connectivity index (χ2n) is 4.76. The van der Waals surface area contributed by atoms with E-state index in [9.17, 15) is 0 Å². The van der Waals surface area contributed by atoms with Gasteiger partial charge in [0.05, 0.1) is 0 Å². The smallest absolute Gasteiger partial charge is 0 e. The summed E-state index contributed by atoms with van der Waals surface area (Å²) in [5.41, 5.74) is 0. The molecule has 0 amide bonds. The molecule has 0 nitrogen and oxygen atoms in total. The fraction of sp³-hybridized carbons (Fsp3) is 0. The van der Waals surface area contributed by atoms with Gasteiger partial charge in [-0.3, -0.25) is 0 Å². The van der Waals surface area contributed by atoms with Crippen molar-refractivity contribution in [2.75, 3.05) is 0 Å². The molecule has 0 fully saturated rings. The molecule has 3 rings (SSSR count). The molecule has 0 unspecified atom stereocenters. The Bertz CT molecular complexity index is 575. The van der Waals surface area contributed by atoms with E-state index in [2.05, 4.69) is 106 Å². The van der Waals surface area contributed by atoms with Gasteiger partial charge in [-0.1, -0.05) is 0 Å². The molecular formula is C18H16BrPPd. The quantitative estimate of drug-likeness (QED) is 0.419. The summed E-state index contributed by atoms with van der Waals surface area (Å²) in [6, 6.07) is 32.2. The zero-order valence-corrected chi connectivity index (χ0v) is 15.5. The first-order chi connectivity index (χ1) is 9.82. The van der Waals surface area contributed by atoms with Crippen LogP contribution in [0.1, 0.15) is 0 Å². The van der Waals surface area contributed by atoms with Gasteiger partial charge in [-0.2, -0.15) is 0 Å². The van der Waals surface area contributed by atoms with E-state index >= 15 is 0 Å². The molecule has 0 aromatic heterocycles. The Labute approximate surface area is 148 Å². The van der Waals surface area contributed by atoms with Crippen molar-refractivity contribution in [3.05, 3.63) is 91.0 Å². The van der Waals surface area contributed by atoms with Crippen LogP contribution in [-0.2, 0) is 20.4 Å². The number of benzene rings is 3. The number of rotatable bonds is 3. The van der Waals surface area contributed by atoms with E-state index in [0.29, 0.717) is 0 Å². The van der Waals surface area contributed by atoms with Gasteiger partial charge in [-0.05, 0) is 0 Å². The first-order valence-electron chi connectivity index (χ1n) is 6.67. The van der Waals surface area contributed by atoms with Crippen LogP contribution in [0.4, 0.5) is 0 Å². The molecule has 21 heavy (non-hydrogen) atoms. The maximum Gasteiger partial charge on any atom is 0 e. The van der Waals surface area contributed by atoms with E-state index in [-0.39, 0.29) is 20.4 Å². The second-order valence-corrected chi connectivity index (χ2v) is 11.4. The van der Waals surface area contributed by atoms with Gasteiger partial charge in [0.15, 0.2) is 0 Å². The number of hydrogen-bond acceptors (Lipinski definition) is 0. The SMILES string of the molecule is Br[PH](c1ccccc1)(c1ccccc1)c1ccccc1.[Pd]. The molecule has 0 heterocycles. The van der Waals surface area contributed by atoms with Crippen molar-refractivity contribution >= 4 is 37.4 Å². The van der Waals surface area contributed by atoms with Crippen molar-refractivity contribution in [2.24, 2.45) is 0 Å². The third-order valence-electron chi connectivity index (χ3n) is 3.51. The third-order valence-corrected chi connectivity index (χ3v) is 11.0. The predicted octanol–water partition coefficient (Wildman–Crippen LogP) is 4.02. The fourth-order valence-corrected chi connectivity index (χ4v) is 7.84. The van der Waals surface area contributed by atoms with E-state index < -0.39 is 5.96 Å². The molecule has 0 spiro atoms. The molecule has 3 aromatic carbocycles. The second kappa shape index (κ2) is 7.48. The van der Waals surface area contributed by atoms with Crippen LogP contribution in [0.5, 0.6) is 0 Å². The molecule has 110 valence electrons. The van der Waals surface area contributed by atoms with Gasteiger partial charge in [0.1, 0.15) is 0 Å². The summed E-state index contributed by atoms with van der Waals surface area (Å²) >= 11 is 4.15. The molecule has 0 atom stereocenters. The average Bonchev–Trinajstić information content (AvgIpc) is 2.56. The Balaban J connectivity index is 0.00000161. The molecule has 0 aliphatic rings. The predicted molar refractivity (Wildman–Crippen MR) is 95.5 cm³/mol. The Morgan fingerprint density at radius 2 is 0.714 bits per heavy atom. The Morgan fingerprint density at radius 1 is 0.476 bits per heavy atom. The number of hydrogen-bond donors (Lipinski definition) is 0. The van der Waals surface area contributed by atoms with Crippen LogP contribution < -0.4 is 15.9 Å². The maximum absolute atomic E-state index is 4.15. The van der Waals surface area contributed by atoms with Gasteiger partial charge in [-0.25, -0.2) is 0 Å². The summed E-state index contributed by atoms with van der Waals surface area (Å²) < 4.78 is 0. The van der Waals surface area contributed by atoms with Crippen LogP contribution in [0.25, 0.3) is 0 Å². The minimum absolute atomic E-state index is 0. The molecule has 3 heteroatoms. The Morgan fingerprint density at radius 3 is 0.952 bits per heavy atom. The van der Waals surface area contributed by atoms with Gasteiger partial charge in [-0.15, -0.1) is 0 Å². The molecule has 0 N–H and O–H groups in total. The van der Waals surface area contributed by atoms with Crippen molar-refractivity contribution in [3.8, 4) is 0 Å². The van der Waals surface area contributed by atoms with Crippen LogP contribution in [0.15, 0.2) is 91.0 Å². The van der Waals surface area contributed by atoms with Gasteiger partial charge in [0, 0.05) is 20.4 Å². The van der Waals surface area contributed by atoms with Gasteiger partial charge in [0.25, 0.3) is 0 Å². The normalized spacial score (nSPS) is 11.5. The summed E-state index contributed by atoms with van der Waals surface area (Å²) in [6.45, 7) is 0. The van der Waals surface area contributed by atoms with Crippen molar-refractivity contribution < 1.29 is 20.4 Å². The van der Waals surface area contributed by atoms with E-state index in [1.165, 1.54) is 15.9 Å². The van der Waals surface area contributed by atoms with Crippen molar-refractivity contribution in [3.63, 3.8) is 0 Å². The summed E-state index contributed by atoms with van der Waals surface area (Å²) in [7, 11) is 0. The topological polar surface area (TPSA) is 0 Å². The van der Waals surface area contributed by atoms with Gasteiger partial charge in [0.2, 0.25) is 0 Å². The van der Waals surface area contributed by atoms with Crippen LogP contribution in [0, 0.1) is 0 Å². The van der Waals surface area contributed by atoms with E-state index in [1.54, 1.807) is 0 Å². The molecule has 0 bridgehead atoms. The third kappa shape index (κ3) is 3.36. The maximum atomic E-state index is 4.15. The zero-order valence-electron chi connectivity index (χ0n) is 11.4. The van der Waals surface area contributed by atoms with Gasteiger partial charge < -0.3 is 0 Å². The van der Waals surface area contributed by atoms with Crippen molar-refractivity contribution in [1.82, 2.24) is 0 Å². The fourth-order valence-electron chi connectivity index (χ4n) is 2.50. The van der Waals surface area contributed by atoms with E-state index in [4.69, 9.17) is 0 Å². The van der Waals surface area contributed by atoms with Crippen molar-refractivity contribution in [2.45, 2.75) is 0 Å². The molecular weight excluding hydrogens is 433 g/mol. The Kier molecular flexibility index (Phi) is 5.91. The van der Waals surface area contributed by atoms with E-state index in [0.717, 1.165) is 0 Å². The minimum Gasteiger partial charge on any atom is 0 e. The van der Waals surface area contributed by atoms with Crippen LogP contribution in [-0.4, -0.2) is 0 Å². The minimum atomic E-state index is -2.07. The monoisotopic (exact) mass is 448 g/mol. The van der Waals surface area contributed by atoms with E-state index in [1.807, 2.05) is 0 Å². The zero-order chi connectivity index (χ0) is 13.8. The summed E-state index contributed by atoms with van der Waals surface area (Å²) in [6.07, 6.45) is 0. The largest absolute Gasteiger partial charge is 0 e.